The summed E-state index contributed by atoms with van der Waals surface area (Å²) in [4.78, 5) is 16.7. The molecule has 2 heterocycles. The van der Waals surface area contributed by atoms with Crippen molar-refractivity contribution in [2.24, 2.45) is 5.92 Å². The Balaban J connectivity index is 1.89. The lowest BCUT2D eigenvalue weighted by molar-refractivity contribution is -0.121. The number of pyridine rings is 1. The molecule has 1 unspecified atom stereocenters. The third-order valence-electron chi connectivity index (χ3n) is 4.58. The quantitative estimate of drug-likeness (QED) is 0.528. The topological polar surface area (TPSA) is 54.0 Å². The molecule has 0 aliphatic carbocycles. The summed E-state index contributed by atoms with van der Waals surface area (Å²) in [5.74, 6) is 1.82. The molecule has 1 aliphatic heterocycles. The molecule has 29 heavy (non-hydrogen) atoms. The first-order valence-corrected chi connectivity index (χ1v) is 9.70. The Morgan fingerprint density at radius 1 is 1.41 bits per heavy atom. The normalized spacial score (nSPS) is 15.8. The number of allylic oxidation sites excluding steroid dienone is 4. The second-order valence-electron chi connectivity index (χ2n) is 6.89. The molecule has 1 amide bonds. The largest absolute Gasteiger partial charge is 0.416 e. The van der Waals surface area contributed by atoms with E-state index in [4.69, 9.17) is 6.42 Å². The Labute approximate surface area is 169 Å². The third-order valence-corrected chi connectivity index (χ3v) is 4.58. The molecular weight excluding hydrogens is 379 g/mol. The molecule has 0 aromatic carbocycles. The van der Waals surface area contributed by atoms with Crippen LogP contribution < -0.4 is 10.6 Å². The third kappa shape index (κ3) is 7.30. The molecule has 7 heteroatoms. The Bertz CT molecular complexity index is 807. The van der Waals surface area contributed by atoms with E-state index in [-0.39, 0.29) is 12.3 Å². The molecule has 1 aromatic heterocycles. The van der Waals surface area contributed by atoms with E-state index in [1.807, 2.05) is 6.07 Å². The van der Waals surface area contributed by atoms with Crippen LogP contribution in [0.25, 0.3) is 0 Å². The van der Waals surface area contributed by atoms with Gasteiger partial charge in [0.1, 0.15) is 5.82 Å². The summed E-state index contributed by atoms with van der Waals surface area (Å²) in [7, 11) is 0. The second-order valence-corrected chi connectivity index (χ2v) is 6.89. The number of hydrogen-bond donors (Lipinski definition) is 2. The van der Waals surface area contributed by atoms with E-state index in [1.54, 1.807) is 0 Å². The van der Waals surface area contributed by atoms with Crippen LogP contribution in [-0.4, -0.2) is 30.2 Å². The molecule has 0 bridgehead atoms. The SMILES string of the molecule is C#CC(/C=C(\C=C/C)C(F)(F)F)CC(=O)NCCc1ccc2c(n1)NCCCC2. The van der Waals surface area contributed by atoms with E-state index in [0.29, 0.717) is 13.0 Å². The predicted molar refractivity (Wildman–Crippen MR) is 108 cm³/mol. The smallest absolute Gasteiger partial charge is 0.370 e. The van der Waals surface area contributed by atoms with Gasteiger partial charge in [0.2, 0.25) is 5.91 Å². The number of terminal acetylenes is 1. The van der Waals surface area contributed by atoms with Crippen LogP contribution in [-0.2, 0) is 17.6 Å². The Morgan fingerprint density at radius 2 is 2.21 bits per heavy atom. The summed E-state index contributed by atoms with van der Waals surface area (Å²) < 4.78 is 38.9. The fourth-order valence-corrected chi connectivity index (χ4v) is 3.08. The van der Waals surface area contributed by atoms with E-state index in [0.717, 1.165) is 49.5 Å². The molecule has 1 aromatic rings. The van der Waals surface area contributed by atoms with E-state index < -0.39 is 17.7 Å². The van der Waals surface area contributed by atoms with Crippen molar-refractivity contribution in [3.63, 3.8) is 0 Å². The minimum atomic E-state index is -4.51. The highest BCUT2D eigenvalue weighted by Gasteiger charge is 2.32. The maximum atomic E-state index is 13.0. The Kier molecular flexibility index (Phi) is 8.32. The van der Waals surface area contributed by atoms with Crippen molar-refractivity contribution in [1.82, 2.24) is 10.3 Å². The molecule has 0 radical (unpaired) electrons. The van der Waals surface area contributed by atoms with Gasteiger partial charge in [-0.25, -0.2) is 4.98 Å². The number of fused-ring (bicyclic) bond motifs is 1. The molecule has 1 aliphatic rings. The maximum absolute atomic E-state index is 13.0. The molecular formula is C22H26F3N3O. The number of carbonyl (C=O) groups is 1. The monoisotopic (exact) mass is 405 g/mol. The lowest BCUT2D eigenvalue weighted by Crippen LogP contribution is -2.27. The standard InChI is InChI=1S/C22H26F3N3O/c1-3-7-18(22(23,24)25)14-16(4-2)15-20(29)26-13-11-19-10-9-17-8-5-6-12-27-21(17)28-19/h2-3,7,9-10,14,16H,5-6,8,11-13,15H2,1H3,(H,26,29)(H,27,28)/b7-3-,18-14+. The number of carbonyl (C=O) groups excluding carboxylic acids is 1. The van der Waals surface area contributed by atoms with E-state index >= 15 is 0 Å². The van der Waals surface area contributed by atoms with Crippen LogP contribution in [0.3, 0.4) is 0 Å². The summed E-state index contributed by atoms with van der Waals surface area (Å²) in [5, 5.41) is 6.02. The van der Waals surface area contributed by atoms with E-state index in [9.17, 15) is 18.0 Å². The van der Waals surface area contributed by atoms with Gasteiger partial charge in [0.05, 0.1) is 5.57 Å². The highest BCUT2D eigenvalue weighted by Crippen LogP contribution is 2.28. The summed E-state index contributed by atoms with van der Waals surface area (Å²) in [6.45, 7) is 2.73. The average molecular weight is 405 g/mol. The van der Waals surface area contributed by atoms with Crippen molar-refractivity contribution in [3.05, 3.63) is 47.2 Å². The Morgan fingerprint density at radius 3 is 2.90 bits per heavy atom. The van der Waals surface area contributed by atoms with Crippen molar-refractivity contribution >= 4 is 11.7 Å². The number of halogens is 3. The number of amides is 1. The second kappa shape index (κ2) is 10.7. The van der Waals surface area contributed by atoms with E-state index in [1.165, 1.54) is 18.6 Å². The molecule has 0 fully saturated rings. The van der Waals surface area contributed by atoms with Crippen LogP contribution in [0.5, 0.6) is 0 Å². The lowest BCUT2D eigenvalue weighted by Gasteiger charge is -2.12. The van der Waals surface area contributed by atoms with Crippen LogP contribution in [0, 0.1) is 18.3 Å². The fourth-order valence-electron chi connectivity index (χ4n) is 3.08. The van der Waals surface area contributed by atoms with Gasteiger partial charge in [-0.2, -0.15) is 13.2 Å². The first kappa shape index (κ1) is 22.5. The molecule has 2 rings (SSSR count). The molecule has 0 saturated heterocycles. The van der Waals surface area contributed by atoms with Crippen LogP contribution in [0.2, 0.25) is 0 Å². The van der Waals surface area contributed by atoms with Gasteiger partial charge in [-0.1, -0.05) is 30.2 Å². The summed E-state index contributed by atoms with van der Waals surface area (Å²) in [6, 6.07) is 3.99. The van der Waals surface area contributed by atoms with Gasteiger partial charge in [0, 0.05) is 37.5 Å². The first-order valence-electron chi connectivity index (χ1n) is 9.70. The fraction of sp³-hybridized carbons (Fsp3) is 0.455. The molecule has 0 spiro atoms. The number of rotatable bonds is 7. The van der Waals surface area contributed by atoms with E-state index in [2.05, 4.69) is 27.6 Å². The molecule has 4 nitrogen and oxygen atoms in total. The van der Waals surface area contributed by atoms with Crippen LogP contribution in [0.15, 0.2) is 35.9 Å². The summed E-state index contributed by atoms with van der Waals surface area (Å²) >= 11 is 0. The summed E-state index contributed by atoms with van der Waals surface area (Å²) in [5.41, 5.74) is 1.19. The van der Waals surface area contributed by atoms with Gasteiger partial charge in [-0.15, -0.1) is 6.42 Å². The van der Waals surface area contributed by atoms with Gasteiger partial charge >= 0.3 is 6.18 Å². The van der Waals surface area contributed by atoms with Gasteiger partial charge in [0.15, 0.2) is 0 Å². The highest BCUT2D eigenvalue weighted by atomic mass is 19.4. The van der Waals surface area contributed by atoms with Crippen molar-refractivity contribution in [2.75, 3.05) is 18.4 Å². The predicted octanol–water partition coefficient (Wildman–Crippen LogP) is 4.19. The minimum absolute atomic E-state index is 0.202. The van der Waals surface area contributed by atoms with Crippen molar-refractivity contribution in [3.8, 4) is 12.3 Å². The van der Waals surface area contributed by atoms with Crippen molar-refractivity contribution in [2.45, 2.75) is 45.2 Å². The van der Waals surface area contributed by atoms with Gasteiger partial charge in [0.25, 0.3) is 0 Å². The van der Waals surface area contributed by atoms with Crippen LogP contribution >= 0.6 is 0 Å². The van der Waals surface area contributed by atoms with Gasteiger partial charge in [-0.3, -0.25) is 4.79 Å². The number of aryl methyl sites for hydroxylation is 1. The number of anilines is 1. The molecule has 2 N–H and O–H groups in total. The number of hydrogen-bond acceptors (Lipinski definition) is 3. The number of nitrogens with one attached hydrogen (secondary N) is 2. The summed E-state index contributed by atoms with van der Waals surface area (Å²) in [6.07, 6.45) is 7.53. The van der Waals surface area contributed by atoms with Gasteiger partial charge in [-0.05, 0) is 37.8 Å². The average Bonchev–Trinajstić information content (AvgIpc) is 2.91. The van der Waals surface area contributed by atoms with Crippen LogP contribution in [0.1, 0.15) is 37.4 Å². The maximum Gasteiger partial charge on any atom is 0.416 e. The lowest BCUT2D eigenvalue weighted by atomic mass is 10.0. The highest BCUT2D eigenvalue weighted by molar-refractivity contribution is 5.76. The first-order chi connectivity index (χ1) is 13.8. The number of alkyl halides is 3. The molecule has 156 valence electrons. The zero-order chi connectivity index (χ0) is 21.3. The van der Waals surface area contributed by atoms with Gasteiger partial charge < -0.3 is 10.6 Å². The Hall–Kier alpha value is -2.75. The van der Waals surface area contributed by atoms with Crippen molar-refractivity contribution in [1.29, 1.82) is 0 Å². The minimum Gasteiger partial charge on any atom is -0.370 e. The van der Waals surface area contributed by atoms with Crippen molar-refractivity contribution < 1.29 is 18.0 Å². The zero-order valence-corrected chi connectivity index (χ0v) is 16.5. The number of nitrogens with zero attached hydrogens (tertiary/aromatic N) is 1. The zero-order valence-electron chi connectivity index (χ0n) is 16.5. The molecule has 0 saturated carbocycles. The van der Waals surface area contributed by atoms with Crippen LogP contribution in [0.4, 0.5) is 19.0 Å². The molecule has 1 atom stereocenters. The number of aromatic nitrogens is 1.